The second-order valence-corrected chi connectivity index (χ2v) is 8.19. The molecule has 8 nitrogen and oxygen atoms in total. The van der Waals surface area contributed by atoms with Gasteiger partial charge in [0, 0.05) is 30.8 Å². The monoisotopic (exact) mass is 390 g/mol. The molecule has 2 heterocycles. The van der Waals surface area contributed by atoms with Crippen molar-refractivity contribution in [3.8, 4) is 0 Å². The molecule has 144 valence electrons. The summed E-state index contributed by atoms with van der Waals surface area (Å²) in [7, 11) is -3.74. The molecule has 1 aliphatic rings. The molecule has 1 amide bonds. The SMILES string of the molecule is CCN(CC)C(=O)c1ccc(S(=O)(=O)N2CCc3c(nc[nH]c3=O)C2)cc1. The van der Waals surface area contributed by atoms with Gasteiger partial charge in [-0.05, 0) is 44.5 Å². The highest BCUT2D eigenvalue weighted by Crippen LogP contribution is 2.22. The van der Waals surface area contributed by atoms with Crippen LogP contribution in [-0.2, 0) is 23.0 Å². The van der Waals surface area contributed by atoms with Gasteiger partial charge >= 0.3 is 0 Å². The Kier molecular flexibility index (Phi) is 5.43. The Bertz CT molecular complexity index is 995. The lowest BCUT2D eigenvalue weighted by molar-refractivity contribution is 0.0773. The van der Waals surface area contributed by atoms with Crippen LogP contribution in [0, 0.1) is 0 Å². The first-order chi connectivity index (χ1) is 12.9. The Hall–Kier alpha value is -2.52. The van der Waals surface area contributed by atoms with Crippen LogP contribution in [0.15, 0.2) is 40.3 Å². The van der Waals surface area contributed by atoms with E-state index >= 15 is 0 Å². The molecule has 0 spiro atoms. The molecular formula is C18H22N4O4S. The van der Waals surface area contributed by atoms with Crippen molar-refractivity contribution >= 4 is 15.9 Å². The fourth-order valence-electron chi connectivity index (χ4n) is 3.16. The van der Waals surface area contributed by atoms with Gasteiger partial charge in [0.15, 0.2) is 0 Å². The van der Waals surface area contributed by atoms with Gasteiger partial charge in [0.2, 0.25) is 10.0 Å². The molecule has 0 saturated heterocycles. The second kappa shape index (κ2) is 7.61. The molecule has 0 radical (unpaired) electrons. The zero-order chi connectivity index (χ0) is 19.6. The van der Waals surface area contributed by atoms with Gasteiger partial charge in [-0.15, -0.1) is 0 Å². The zero-order valence-electron chi connectivity index (χ0n) is 15.3. The maximum absolute atomic E-state index is 12.9. The molecule has 9 heteroatoms. The van der Waals surface area contributed by atoms with Crippen LogP contribution in [0.3, 0.4) is 0 Å². The van der Waals surface area contributed by atoms with Crippen LogP contribution in [-0.4, -0.2) is 53.1 Å². The lowest BCUT2D eigenvalue weighted by atomic mass is 10.1. The molecular weight excluding hydrogens is 368 g/mol. The minimum atomic E-state index is -3.74. The Morgan fingerprint density at radius 2 is 1.89 bits per heavy atom. The van der Waals surface area contributed by atoms with E-state index in [9.17, 15) is 18.0 Å². The number of H-pyrrole nitrogens is 1. The van der Waals surface area contributed by atoms with E-state index in [1.807, 2.05) is 13.8 Å². The molecule has 2 aromatic rings. The summed E-state index contributed by atoms with van der Waals surface area (Å²) < 4.78 is 27.2. The number of rotatable bonds is 5. The molecule has 1 N–H and O–H groups in total. The van der Waals surface area contributed by atoms with Gasteiger partial charge in [-0.2, -0.15) is 4.31 Å². The molecule has 0 bridgehead atoms. The summed E-state index contributed by atoms with van der Waals surface area (Å²) in [6.45, 7) is 5.25. The molecule has 0 saturated carbocycles. The molecule has 0 fully saturated rings. The smallest absolute Gasteiger partial charge is 0.254 e. The summed E-state index contributed by atoms with van der Waals surface area (Å²) in [5, 5.41) is 0. The first-order valence-electron chi connectivity index (χ1n) is 8.83. The predicted octanol–water partition coefficient (Wildman–Crippen LogP) is 0.999. The third kappa shape index (κ3) is 3.65. The summed E-state index contributed by atoms with van der Waals surface area (Å²) >= 11 is 0. The fourth-order valence-corrected chi connectivity index (χ4v) is 4.56. The number of aromatic nitrogens is 2. The maximum atomic E-state index is 12.9. The van der Waals surface area contributed by atoms with Crippen LogP contribution in [0.2, 0.25) is 0 Å². The Morgan fingerprint density at radius 1 is 1.22 bits per heavy atom. The van der Waals surface area contributed by atoms with Gasteiger partial charge in [0.05, 0.1) is 23.5 Å². The van der Waals surface area contributed by atoms with Crippen LogP contribution in [0.1, 0.15) is 35.5 Å². The summed E-state index contributed by atoms with van der Waals surface area (Å²) in [6, 6.07) is 5.97. The number of sulfonamides is 1. The van der Waals surface area contributed by atoms with E-state index in [4.69, 9.17) is 0 Å². The van der Waals surface area contributed by atoms with Crippen molar-refractivity contribution in [3.05, 3.63) is 57.8 Å². The summed E-state index contributed by atoms with van der Waals surface area (Å²) in [6.07, 6.45) is 1.60. The van der Waals surface area contributed by atoms with E-state index in [1.165, 1.54) is 34.9 Å². The lowest BCUT2D eigenvalue weighted by Crippen LogP contribution is -2.38. The zero-order valence-corrected chi connectivity index (χ0v) is 16.1. The summed E-state index contributed by atoms with van der Waals surface area (Å²) in [5.74, 6) is -0.126. The van der Waals surface area contributed by atoms with Gasteiger partial charge < -0.3 is 9.88 Å². The molecule has 3 rings (SSSR count). The molecule has 0 aliphatic carbocycles. The lowest BCUT2D eigenvalue weighted by Gasteiger charge is -2.26. The highest BCUT2D eigenvalue weighted by molar-refractivity contribution is 7.89. The van der Waals surface area contributed by atoms with Crippen LogP contribution in [0.4, 0.5) is 0 Å². The van der Waals surface area contributed by atoms with Crippen molar-refractivity contribution in [1.82, 2.24) is 19.2 Å². The van der Waals surface area contributed by atoms with E-state index in [2.05, 4.69) is 9.97 Å². The minimum absolute atomic E-state index is 0.0573. The fraction of sp³-hybridized carbons (Fsp3) is 0.389. The Morgan fingerprint density at radius 3 is 2.52 bits per heavy atom. The van der Waals surface area contributed by atoms with Crippen LogP contribution in [0.5, 0.6) is 0 Å². The van der Waals surface area contributed by atoms with Gasteiger partial charge in [-0.25, -0.2) is 13.4 Å². The molecule has 27 heavy (non-hydrogen) atoms. The number of nitrogens with one attached hydrogen (secondary N) is 1. The number of benzene rings is 1. The normalized spacial score (nSPS) is 14.6. The van der Waals surface area contributed by atoms with E-state index in [0.717, 1.165) is 0 Å². The maximum Gasteiger partial charge on any atom is 0.254 e. The van der Waals surface area contributed by atoms with Crippen LogP contribution < -0.4 is 5.56 Å². The largest absolute Gasteiger partial charge is 0.339 e. The number of carbonyl (C=O) groups excluding carboxylic acids is 1. The number of hydrogen-bond acceptors (Lipinski definition) is 5. The van der Waals surface area contributed by atoms with E-state index in [1.54, 1.807) is 4.90 Å². The van der Waals surface area contributed by atoms with Crippen molar-refractivity contribution in [1.29, 1.82) is 0 Å². The first kappa shape index (κ1) is 19.2. The predicted molar refractivity (Wildman–Crippen MR) is 99.9 cm³/mol. The number of hydrogen-bond donors (Lipinski definition) is 1. The van der Waals surface area contributed by atoms with Gasteiger partial charge in [-0.3, -0.25) is 9.59 Å². The topological polar surface area (TPSA) is 103 Å². The van der Waals surface area contributed by atoms with Gasteiger partial charge in [-0.1, -0.05) is 0 Å². The highest BCUT2D eigenvalue weighted by Gasteiger charge is 2.30. The van der Waals surface area contributed by atoms with Crippen molar-refractivity contribution in [2.45, 2.75) is 31.7 Å². The average Bonchev–Trinajstić information content (AvgIpc) is 2.69. The molecule has 0 atom stereocenters. The Balaban J connectivity index is 1.84. The summed E-state index contributed by atoms with van der Waals surface area (Å²) in [5.41, 5.74) is 1.23. The standard InChI is InChI=1S/C18H22N4O4S/c1-3-21(4-2)18(24)13-5-7-14(8-6-13)27(25,26)22-10-9-15-16(11-22)19-12-20-17(15)23/h5-8,12H,3-4,9-11H2,1-2H3,(H,19,20,23). The average molecular weight is 390 g/mol. The Labute approximate surface area is 157 Å². The first-order valence-corrected chi connectivity index (χ1v) is 10.3. The number of carbonyl (C=O) groups is 1. The van der Waals surface area contributed by atoms with E-state index < -0.39 is 10.0 Å². The quantitative estimate of drug-likeness (QED) is 0.820. The van der Waals surface area contributed by atoms with Gasteiger partial charge in [0.1, 0.15) is 0 Å². The number of amides is 1. The number of nitrogens with zero attached hydrogens (tertiary/aromatic N) is 3. The highest BCUT2D eigenvalue weighted by atomic mass is 32.2. The van der Waals surface area contributed by atoms with Crippen molar-refractivity contribution in [2.75, 3.05) is 19.6 Å². The minimum Gasteiger partial charge on any atom is -0.339 e. The molecule has 1 aromatic carbocycles. The van der Waals surface area contributed by atoms with Crippen molar-refractivity contribution < 1.29 is 13.2 Å². The van der Waals surface area contributed by atoms with E-state index in [0.29, 0.717) is 36.3 Å². The molecule has 1 aliphatic heterocycles. The van der Waals surface area contributed by atoms with E-state index in [-0.39, 0.29) is 29.5 Å². The molecule has 1 aromatic heterocycles. The number of aromatic amines is 1. The third-order valence-corrected chi connectivity index (χ3v) is 6.62. The second-order valence-electron chi connectivity index (χ2n) is 6.25. The van der Waals surface area contributed by atoms with Crippen LogP contribution in [0.25, 0.3) is 0 Å². The van der Waals surface area contributed by atoms with Crippen molar-refractivity contribution in [3.63, 3.8) is 0 Å². The van der Waals surface area contributed by atoms with Crippen molar-refractivity contribution in [2.24, 2.45) is 0 Å². The number of fused-ring (bicyclic) bond motifs is 1. The molecule has 0 unspecified atom stereocenters. The van der Waals surface area contributed by atoms with Crippen LogP contribution >= 0.6 is 0 Å². The van der Waals surface area contributed by atoms with Gasteiger partial charge in [0.25, 0.3) is 11.5 Å². The summed E-state index contributed by atoms with van der Waals surface area (Å²) in [4.78, 5) is 32.6. The third-order valence-electron chi connectivity index (χ3n) is 4.77.